The first-order chi connectivity index (χ1) is 5.92. The highest BCUT2D eigenvalue weighted by Crippen LogP contribution is 2.10. The van der Waals surface area contributed by atoms with Crippen LogP contribution in [0.2, 0.25) is 0 Å². The van der Waals surface area contributed by atoms with Crippen molar-refractivity contribution in [2.75, 3.05) is 0 Å². The van der Waals surface area contributed by atoms with E-state index >= 15 is 0 Å². The molecule has 0 fully saturated rings. The standard InChI is InChI=1S/C9H7N3/c10-6-7-2-1-3-8-9(7)12-5-4-11-8/h1-6,10H. The van der Waals surface area contributed by atoms with Crippen molar-refractivity contribution in [1.29, 1.82) is 5.41 Å². The summed E-state index contributed by atoms with van der Waals surface area (Å²) >= 11 is 0. The van der Waals surface area contributed by atoms with E-state index in [0.29, 0.717) is 0 Å². The molecule has 2 aromatic rings. The lowest BCUT2D eigenvalue weighted by atomic mass is 10.2. The predicted octanol–water partition coefficient (Wildman–Crippen LogP) is 1.63. The fourth-order valence-corrected chi connectivity index (χ4v) is 1.13. The highest BCUT2D eigenvalue weighted by Gasteiger charge is 1.97. The first-order valence-electron chi connectivity index (χ1n) is 3.62. The lowest BCUT2D eigenvalue weighted by molar-refractivity contribution is 1.29. The zero-order valence-corrected chi connectivity index (χ0v) is 6.36. The van der Waals surface area contributed by atoms with Gasteiger partial charge in [0.25, 0.3) is 0 Å². The molecule has 0 atom stereocenters. The minimum atomic E-state index is 0.787. The van der Waals surface area contributed by atoms with E-state index < -0.39 is 0 Å². The fourth-order valence-electron chi connectivity index (χ4n) is 1.13. The zero-order chi connectivity index (χ0) is 8.39. The van der Waals surface area contributed by atoms with E-state index in [1.807, 2.05) is 18.2 Å². The van der Waals surface area contributed by atoms with Crippen molar-refractivity contribution in [3.05, 3.63) is 36.2 Å². The molecule has 0 bridgehead atoms. The second-order valence-corrected chi connectivity index (χ2v) is 2.42. The van der Waals surface area contributed by atoms with Gasteiger partial charge in [-0.25, -0.2) is 0 Å². The first kappa shape index (κ1) is 6.91. The number of fused-ring (bicyclic) bond motifs is 1. The Hall–Kier alpha value is -1.77. The number of benzene rings is 1. The number of hydrogen-bond donors (Lipinski definition) is 1. The quantitative estimate of drug-likeness (QED) is 0.639. The molecule has 3 heteroatoms. The van der Waals surface area contributed by atoms with Crippen LogP contribution in [0.25, 0.3) is 11.0 Å². The van der Waals surface area contributed by atoms with Crippen molar-refractivity contribution >= 4 is 17.2 Å². The van der Waals surface area contributed by atoms with Gasteiger partial charge in [0, 0.05) is 24.2 Å². The van der Waals surface area contributed by atoms with Gasteiger partial charge in [0.15, 0.2) is 0 Å². The van der Waals surface area contributed by atoms with Crippen molar-refractivity contribution in [2.45, 2.75) is 0 Å². The predicted molar refractivity (Wildman–Crippen MR) is 47.4 cm³/mol. The van der Waals surface area contributed by atoms with E-state index in [2.05, 4.69) is 9.97 Å². The summed E-state index contributed by atoms with van der Waals surface area (Å²) in [5, 5.41) is 7.13. The lowest BCUT2D eigenvalue weighted by Gasteiger charge is -1.97. The Morgan fingerprint density at radius 3 is 2.83 bits per heavy atom. The SMILES string of the molecule is N=Cc1cccc2nccnc12. The van der Waals surface area contributed by atoms with Crippen molar-refractivity contribution in [1.82, 2.24) is 9.97 Å². The maximum absolute atomic E-state index is 7.13. The monoisotopic (exact) mass is 157 g/mol. The van der Waals surface area contributed by atoms with E-state index in [1.54, 1.807) is 12.4 Å². The van der Waals surface area contributed by atoms with Crippen LogP contribution in [0.4, 0.5) is 0 Å². The normalized spacial score (nSPS) is 10.0. The van der Waals surface area contributed by atoms with Gasteiger partial charge in [0.2, 0.25) is 0 Å². The van der Waals surface area contributed by atoms with Gasteiger partial charge in [-0.2, -0.15) is 0 Å². The number of nitrogens with zero attached hydrogens (tertiary/aromatic N) is 2. The molecular weight excluding hydrogens is 150 g/mol. The van der Waals surface area contributed by atoms with E-state index in [-0.39, 0.29) is 0 Å². The number of nitrogens with one attached hydrogen (secondary N) is 1. The molecule has 0 aliphatic heterocycles. The molecule has 0 aliphatic carbocycles. The topological polar surface area (TPSA) is 49.6 Å². The van der Waals surface area contributed by atoms with Crippen LogP contribution in [0.3, 0.4) is 0 Å². The van der Waals surface area contributed by atoms with E-state index in [4.69, 9.17) is 5.41 Å². The van der Waals surface area contributed by atoms with Crippen LogP contribution in [0, 0.1) is 5.41 Å². The minimum Gasteiger partial charge on any atom is -0.308 e. The number of rotatable bonds is 1. The maximum Gasteiger partial charge on any atom is 0.0974 e. The first-order valence-corrected chi connectivity index (χ1v) is 3.62. The third-order valence-corrected chi connectivity index (χ3v) is 1.69. The van der Waals surface area contributed by atoms with E-state index in [1.165, 1.54) is 6.21 Å². The van der Waals surface area contributed by atoms with Crippen LogP contribution in [0.15, 0.2) is 30.6 Å². The molecule has 0 saturated carbocycles. The number of hydrogen-bond acceptors (Lipinski definition) is 3. The van der Waals surface area contributed by atoms with Crippen LogP contribution in [-0.4, -0.2) is 16.2 Å². The Balaban J connectivity index is 2.88. The molecule has 1 N–H and O–H groups in total. The average Bonchev–Trinajstić information content (AvgIpc) is 2.17. The molecule has 58 valence electrons. The molecular formula is C9H7N3. The van der Waals surface area contributed by atoms with Gasteiger partial charge in [0.05, 0.1) is 11.0 Å². The smallest absolute Gasteiger partial charge is 0.0974 e. The lowest BCUT2D eigenvalue weighted by Crippen LogP contribution is -1.87. The second-order valence-electron chi connectivity index (χ2n) is 2.42. The summed E-state index contributed by atoms with van der Waals surface area (Å²) in [6, 6.07) is 5.61. The van der Waals surface area contributed by atoms with Crippen LogP contribution in [-0.2, 0) is 0 Å². The van der Waals surface area contributed by atoms with Gasteiger partial charge in [-0.1, -0.05) is 12.1 Å². The molecule has 0 aliphatic rings. The van der Waals surface area contributed by atoms with Crippen LogP contribution in [0.1, 0.15) is 5.56 Å². The summed E-state index contributed by atoms with van der Waals surface area (Å²) < 4.78 is 0. The molecule has 0 saturated heterocycles. The summed E-state index contributed by atoms with van der Waals surface area (Å²) in [4.78, 5) is 8.26. The molecule has 0 spiro atoms. The zero-order valence-electron chi connectivity index (χ0n) is 6.36. The fraction of sp³-hybridized carbons (Fsp3) is 0. The average molecular weight is 157 g/mol. The van der Waals surface area contributed by atoms with Gasteiger partial charge in [-0.15, -0.1) is 0 Å². The summed E-state index contributed by atoms with van der Waals surface area (Å²) in [6.45, 7) is 0. The Labute approximate surface area is 69.6 Å². The summed E-state index contributed by atoms with van der Waals surface area (Å²) in [5.41, 5.74) is 2.43. The minimum absolute atomic E-state index is 0.787. The Bertz CT molecular complexity index is 418. The van der Waals surface area contributed by atoms with Gasteiger partial charge >= 0.3 is 0 Å². The molecule has 0 radical (unpaired) electrons. The van der Waals surface area contributed by atoms with Gasteiger partial charge < -0.3 is 5.41 Å². The highest BCUT2D eigenvalue weighted by molar-refractivity contribution is 5.94. The van der Waals surface area contributed by atoms with Gasteiger partial charge in [0.1, 0.15) is 0 Å². The van der Waals surface area contributed by atoms with Gasteiger partial charge in [-0.05, 0) is 6.07 Å². The van der Waals surface area contributed by atoms with Crippen molar-refractivity contribution < 1.29 is 0 Å². The van der Waals surface area contributed by atoms with Gasteiger partial charge in [-0.3, -0.25) is 9.97 Å². The van der Waals surface area contributed by atoms with Crippen LogP contribution in [0.5, 0.6) is 0 Å². The maximum atomic E-state index is 7.13. The summed E-state index contributed by atoms with van der Waals surface area (Å²) in [7, 11) is 0. The Kier molecular flexibility index (Phi) is 1.55. The Morgan fingerprint density at radius 2 is 2.00 bits per heavy atom. The molecule has 12 heavy (non-hydrogen) atoms. The summed E-state index contributed by atoms with van der Waals surface area (Å²) in [5.74, 6) is 0. The van der Waals surface area contributed by atoms with E-state index in [0.717, 1.165) is 16.6 Å². The van der Waals surface area contributed by atoms with Crippen molar-refractivity contribution in [3.63, 3.8) is 0 Å². The molecule has 3 nitrogen and oxygen atoms in total. The number of aromatic nitrogens is 2. The largest absolute Gasteiger partial charge is 0.308 e. The second kappa shape index (κ2) is 2.70. The molecule has 1 aromatic heterocycles. The summed E-state index contributed by atoms with van der Waals surface area (Å²) in [6.07, 6.45) is 4.57. The molecule has 1 aromatic carbocycles. The Morgan fingerprint density at radius 1 is 1.17 bits per heavy atom. The van der Waals surface area contributed by atoms with Crippen molar-refractivity contribution in [2.24, 2.45) is 0 Å². The third kappa shape index (κ3) is 0.955. The highest BCUT2D eigenvalue weighted by atomic mass is 14.8. The van der Waals surface area contributed by atoms with Crippen molar-refractivity contribution in [3.8, 4) is 0 Å². The number of para-hydroxylation sites is 1. The molecule has 0 unspecified atom stereocenters. The van der Waals surface area contributed by atoms with E-state index in [9.17, 15) is 0 Å². The molecule has 1 heterocycles. The molecule has 2 rings (SSSR count). The third-order valence-electron chi connectivity index (χ3n) is 1.69. The molecule has 0 amide bonds. The van der Waals surface area contributed by atoms with Crippen LogP contribution < -0.4 is 0 Å². The van der Waals surface area contributed by atoms with Crippen LogP contribution >= 0.6 is 0 Å².